The number of ether oxygens (including phenoxy) is 4. The van der Waals surface area contributed by atoms with Crippen LogP contribution in [0.15, 0.2) is 66.0 Å². The summed E-state index contributed by atoms with van der Waals surface area (Å²) < 4.78 is 21.6. The fourth-order valence-corrected chi connectivity index (χ4v) is 5.60. The number of hydrogen-bond acceptors (Lipinski definition) is 8. The van der Waals surface area contributed by atoms with E-state index in [1.807, 2.05) is 42.8 Å². The van der Waals surface area contributed by atoms with E-state index >= 15 is 0 Å². The molecule has 0 saturated heterocycles. The summed E-state index contributed by atoms with van der Waals surface area (Å²) in [4.78, 5) is 22.1. The van der Waals surface area contributed by atoms with Crippen LogP contribution >= 0.6 is 11.3 Å². The van der Waals surface area contributed by atoms with Crippen molar-refractivity contribution >= 4 is 17.2 Å². The zero-order valence-corrected chi connectivity index (χ0v) is 26.7. The van der Waals surface area contributed by atoms with Crippen LogP contribution in [-0.2, 0) is 25.9 Å². The molecular weight excluding hydrogens is 562 g/mol. The summed E-state index contributed by atoms with van der Waals surface area (Å²) in [5, 5.41) is 2.78. The van der Waals surface area contributed by atoms with Gasteiger partial charge in [-0.25, -0.2) is 4.98 Å². The number of aromatic nitrogens is 1. The first-order valence-electron chi connectivity index (χ1n) is 14.2. The van der Waals surface area contributed by atoms with Crippen molar-refractivity contribution in [3.8, 4) is 23.0 Å². The Morgan fingerprint density at radius 3 is 1.81 bits per heavy atom. The number of aryl methyl sites for hydroxylation is 1. The normalized spacial score (nSPS) is 11.0. The second-order valence-corrected chi connectivity index (χ2v) is 11.4. The van der Waals surface area contributed by atoms with Crippen LogP contribution in [0.4, 0.5) is 0 Å². The summed E-state index contributed by atoms with van der Waals surface area (Å²) in [6, 6.07) is 20.5. The predicted octanol–water partition coefficient (Wildman–Crippen LogP) is 6.05. The highest BCUT2D eigenvalue weighted by Crippen LogP contribution is 2.29. The average Bonchev–Trinajstić information content (AvgIpc) is 3.51. The maximum Gasteiger partial charge on any atom is 0.273 e. The molecule has 0 saturated carbocycles. The SMILES string of the molecule is COc1ccc(CCN(Cc2ccc(C)cc2)Cc2nc(C(=O)N(C)CCc3ccc(OC)c(OC)c3)cs2)cc1OC. The topological polar surface area (TPSA) is 73.4 Å². The van der Waals surface area contributed by atoms with Gasteiger partial charge in [0, 0.05) is 32.1 Å². The van der Waals surface area contributed by atoms with Crippen molar-refractivity contribution in [2.45, 2.75) is 32.9 Å². The minimum Gasteiger partial charge on any atom is -0.493 e. The Kier molecular flexibility index (Phi) is 11.4. The van der Waals surface area contributed by atoms with Crippen LogP contribution in [-0.4, -0.2) is 69.3 Å². The van der Waals surface area contributed by atoms with E-state index in [9.17, 15) is 4.79 Å². The predicted molar refractivity (Wildman–Crippen MR) is 171 cm³/mol. The van der Waals surface area contributed by atoms with Gasteiger partial charge in [-0.2, -0.15) is 0 Å². The molecule has 0 atom stereocenters. The highest BCUT2D eigenvalue weighted by atomic mass is 32.1. The average molecular weight is 604 g/mol. The molecule has 0 aliphatic rings. The van der Waals surface area contributed by atoms with Gasteiger partial charge in [0.2, 0.25) is 0 Å². The summed E-state index contributed by atoms with van der Waals surface area (Å²) in [6.07, 6.45) is 1.53. The van der Waals surface area contributed by atoms with E-state index in [1.165, 1.54) is 22.5 Å². The number of benzene rings is 3. The van der Waals surface area contributed by atoms with Gasteiger partial charge in [-0.05, 0) is 60.7 Å². The lowest BCUT2D eigenvalue weighted by atomic mass is 10.1. The molecule has 0 unspecified atom stereocenters. The number of methoxy groups -OCH3 is 4. The Morgan fingerprint density at radius 1 is 0.721 bits per heavy atom. The van der Waals surface area contributed by atoms with Crippen molar-refractivity contribution < 1.29 is 23.7 Å². The van der Waals surface area contributed by atoms with Crippen LogP contribution in [0.5, 0.6) is 23.0 Å². The number of amides is 1. The van der Waals surface area contributed by atoms with Gasteiger partial charge in [-0.1, -0.05) is 42.0 Å². The van der Waals surface area contributed by atoms with Crippen LogP contribution in [0, 0.1) is 6.92 Å². The molecule has 228 valence electrons. The first-order valence-corrected chi connectivity index (χ1v) is 15.1. The summed E-state index contributed by atoms with van der Waals surface area (Å²) >= 11 is 1.53. The van der Waals surface area contributed by atoms with E-state index in [-0.39, 0.29) is 5.91 Å². The Balaban J connectivity index is 1.41. The molecule has 0 aliphatic carbocycles. The van der Waals surface area contributed by atoms with E-state index in [0.29, 0.717) is 36.7 Å². The summed E-state index contributed by atoms with van der Waals surface area (Å²) in [5.41, 5.74) is 5.18. The summed E-state index contributed by atoms with van der Waals surface area (Å²) in [6.45, 7) is 4.90. The third kappa shape index (κ3) is 8.72. The number of rotatable bonds is 15. The van der Waals surface area contributed by atoms with Gasteiger partial charge in [0.05, 0.1) is 35.0 Å². The van der Waals surface area contributed by atoms with Crippen LogP contribution in [0.2, 0.25) is 0 Å². The van der Waals surface area contributed by atoms with E-state index < -0.39 is 0 Å². The smallest absolute Gasteiger partial charge is 0.273 e. The number of hydrogen-bond donors (Lipinski definition) is 0. The third-order valence-electron chi connectivity index (χ3n) is 7.35. The minimum absolute atomic E-state index is 0.0848. The molecule has 1 heterocycles. The maximum absolute atomic E-state index is 13.2. The van der Waals surface area contributed by atoms with E-state index in [2.05, 4.69) is 42.2 Å². The zero-order valence-electron chi connectivity index (χ0n) is 25.9. The number of thiazole rings is 1. The molecule has 1 amide bonds. The molecule has 0 radical (unpaired) electrons. The second kappa shape index (κ2) is 15.4. The molecule has 9 heteroatoms. The Bertz CT molecular complexity index is 1490. The number of carbonyl (C=O) groups is 1. The highest BCUT2D eigenvalue weighted by Gasteiger charge is 2.18. The highest BCUT2D eigenvalue weighted by molar-refractivity contribution is 7.09. The number of carbonyl (C=O) groups excluding carboxylic acids is 1. The van der Waals surface area contributed by atoms with Crippen LogP contribution < -0.4 is 18.9 Å². The first-order chi connectivity index (χ1) is 20.8. The lowest BCUT2D eigenvalue weighted by Crippen LogP contribution is -2.29. The fourth-order valence-electron chi connectivity index (χ4n) is 4.79. The summed E-state index contributed by atoms with van der Waals surface area (Å²) in [7, 11) is 8.35. The van der Waals surface area contributed by atoms with Gasteiger partial charge in [0.1, 0.15) is 10.7 Å². The zero-order chi connectivity index (χ0) is 30.8. The lowest BCUT2D eigenvalue weighted by molar-refractivity contribution is 0.0791. The molecule has 0 aliphatic heterocycles. The Labute approximate surface area is 258 Å². The summed E-state index contributed by atoms with van der Waals surface area (Å²) in [5.74, 6) is 2.73. The monoisotopic (exact) mass is 603 g/mol. The van der Waals surface area contributed by atoms with Gasteiger partial charge < -0.3 is 23.8 Å². The number of likely N-dealkylation sites (N-methyl/N-ethyl adjacent to an activating group) is 1. The largest absolute Gasteiger partial charge is 0.493 e. The molecule has 43 heavy (non-hydrogen) atoms. The maximum atomic E-state index is 13.2. The van der Waals surface area contributed by atoms with Crippen molar-refractivity contribution in [1.82, 2.24) is 14.8 Å². The van der Waals surface area contributed by atoms with Crippen molar-refractivity contribution in [3.63, 3.8) is 0 Å². The fraction of sp³-hybridized carbons (Fsp3) is 0.353. The molecule has 0 N–H and O–H groups in total. The molecule has 4 aromatic rings. The van der Waals surface area contributed by atoms with E-state index in [0.717, 1.165) is 47.1 Å². The molecule has 1 aromatic heterocycles. The van der Waals surface area contributed by atoms with Gasteiger partial charge in [0.15, 0.2) is 23.0 Å². The molecule has 8 nitrogen and oxygen atoms in total. The van der Waals surface area contributed by atoms with Crippen molar-refractivity contribution in [2.75, 3.05) is 48.6 Å². The third-order valence-corrected chi connectivity index (χ3v) is 8.19. The molecular formula is C34H41N3O5S. The molecule has 4 rings (SSSR count). The molecule has 0 spiro atoms. The van der Waals surface area contributed by atoms with Gasteiger partial charge >= 0.3 is 0 Å². The standard InChI is InChI=1S/C34H41N3O5S/c1-24-7-9-27(10-8-24)21-37(18-16-26-12-14-30(40-4)32(20-26)42-6)22-33-35-28(23-43-33)34(38)36(2)17-15-25-11-13-29(39-3)31(19-25)41-5/h7-14,19-20,23H,15-18,21-22H2,1-6H3. The van der Waals surface area contributed by atoms with Gasteiger partial charge in [-0.3, -0.25) is 9.69 Å². The Hall–Kier alpha value is -4.08. The van der Waals surface area contributed by atoms with Crippen molar-refractivity contribution in [3.05, 3.63) is 99.0 Å². The van der Waals surface area contributed by atoms with Crippen LogP contribution in [0.3, 0.4) is 0 Å². The lowest BCUT2D eigenvalue weighted by Gasteiger charge is -2.22. The van der Waals surface area contributed by atoms with Gasteiger partial charge in [-0.15, -0.1) is 11.3 Å². The van der Waals surface area contributed by atoms with Crippen LogP contribution in [0.25, 0.3) is 0 Å². The van der Waals surface area contributed by atoms with Gasteiger partial charge in [0.25, 0.3) is 5.91 Å². The molecule has 0 bridgehead atoms. The quantitative estimate of drug-likeness (QED) is 0.164. The Morgan fingerprint density at radius 2 is 1.26 bits per heavy atom. The molecule has 3 aromatic carbocycles. The first kappa shape index (κ1) is 31.8. The minimum atomic E-state index is -0.0848. The van der Waals surface area contributed by atoms with Crippen molar-refractivity contribution in [2.24, 2.45) is 0 Å². The van der Waals surface area contributed by atoms with E-state index in [1.54, 1.807) is 33.3 Å². The molecule has 0 fully saturated rings. The second-order valence-electron chi connectivity index (χ2n) is 10.4. The van der Waals surface area contributed by atoms with Crippen molar-refractivity contribution in [1.29, 1.82) is 0 Å². The van der Waals surface area contributed by atoms with E-state index in [4.69, 9.17) is 23.9 Å². The van der Waals surface area contributed by atoms with Crippen LogP contribution in [0.1, 0.15) is 37.7 Å². The number of nitrogens with zero attached hydrogens (tertiary/aromatic N) is 3.